The van der Waals surface area contributed by atoms with Crippen LogP contribution in [-0.4, -0.2) is 14.3 Å². The summed E-state index contributed by atoms with van der Waals surface area (Å²) in [5.74, 6) is 0. The van der Waals surface area contributed by atoms with Gasteiger partial charge in [0.1, 0.15) is 0 Å². The first kappa shape index (κ1) is 14.8. The van der Waals surface area contributed by atoms with Crippen molar-refractivity contribution in [1.82, 2.24) is 19.7 Å². The van der Waals surface area contributed by atoms with E-state index in [-0.39, 0.29) is 12.4 Å². The molecule has 4 nitrogen and oxygen atoms in total. The van der Waals surface area contributed by atoms with Crippen LogP contribution in [0.3, 0.4) is 0 Å². The van der Waals surface area contributed by atoms with Gasteiger partial charge in [0, 0.05) is 44.8 Å². The highest BCUT2D eigenvalue weighted by Crippen LogP contribution is 2.00. The van der Waals surface area contributed by atoms with Crippen LogP contribution in [0.15, 0.2) is 30.6 Å². The maximum absolute atomic E-state index is 4.49. The zero-order valence-corrected chi connectivity index (χ0v) is 11.8. The van der Waals surface area contributed by atoms with E-state index in [0.717, 1.165) is 31.7 Å². The first-order chi connectivity index (χ1) is 8.29. The highest BCUT2D eigenvalue weighted by atomic mass is 35.5. The molecule has 1 N–H and O–H groups in total. The molecule has 0 aliphatic rings. The summed E-state index contributed by atoms with van der Waals surface area (Å²) in [5, 5.41) is 7.89. The number of hydrogen-bond acceptors (Lipinski definition) is 2. The van der Waals surface area contributed by atoms with Crippen molar-refractivity contribution in [2.24, 2.45) is 7.05 Å². The van der Waals surface area contributed by atoms with E-state index in [2.05, 4.69) is 53.3 Å². The molecule has 0 aromatic carbocycles. The SMILES string of the molecule is CCCn1ccc(CNCc2cccn2C)n1.Cl. The summed E-state index contributed by atoms with van der Waals surface area (Å²) in [6.45, 7) is 4.86. The van der Waals surface area contributed by atoms with Crippen LogP contribution < -0.4 is 5.32 Å². The average Bonchev–Trinajstić information content (AvgIpc) is 2.90. The number of aryl methyl sites for hydroxylation is 2. The first-order valence-electron chi connectivity index (χ1n) is 6.13. The molecule has 0 bridgehead atoms. The van der Waals surface area contributed by atoms with Crippen molar-refractivity contribution in [2.45, 2.75) is 33.0 Å². The van der Waals surface area contributed by atoms with Gasteiger partial charge >= 0.3 is 0 Å². The van der Waals surface area contributed by atoms with E-state index in [4.69, 9.17) is 0 Å². The van der Waals surface area contributed by atoms with Crippen molar-refractivity contribution in [2.75, 3.05) is 0 Å². The van der Waals surface area contributed by atoms with Gasteiger partial charge in [-0.15, -0.1) is 12.4 Å². The van der Waals surface area contributed by atoms with Gasteiger partial charge in [-0.05, 0) is 24.6 Å². The molecule has 0 fully saturated rings. The molecule has 2 heterocycles. The van der Waals surface area contributed by atoms with Crippen molar-refractivity contribution in [3.63, 3.8) is 0 Å². The highest BCUT2D eigenvalue weighted by molar-refractivity contribution is 5.85. The molecule has 0 amide bonds. The van der Waals surface area contributed by atoms with Crippen LogP contribution in [0.5, 0.6) is 0 Å². The maximum atomic E-state index is 4.49. The minimum Gasteiger partial charge on any atom is -0.353 e. The molecule has 0 unspecified atom stereocenters. The second kappa shape index (κ2) is 7.24. The van der Waals surface area contributed by atoms with E-state index in [1.165, 1.54) is 5.69 Å². The minimum absolute atomic E-state index is 0. The van der Waals surface area contributed by atoms with Crippen LogP contribution in [0.4, 0.5) is 0 Å². The van der Waals surface area contributed by atoms with Crippen LogP contribution in [0.25, 0.3) is 0 Å². The maximum Gasteiger partial charge on any atom is 0.0762 e. The van der Waals surface area contributed by atoms with Gasteiger partial charge in [0.25, 0.3) is 0 Å². The van der Waals surface area contributed by atoms with E-state index in [0.29, 0.717) is 0 Å². The Morgan fingerprint density at radius 2 is 2.06 bits per heavy atom. The monoisotopic (exact) mass is 268 g/mol. The smallest absolute Gasteiger partial charge is 0.0762 e. The van der Waals surface area contributed by atoms with Crippen LogP contribution in [0.1, 0.15) is 24.7 Å². The van der Waals surface area contributed by atoms with Crippen LogP contribution in [0, 0.1) is 0 Å². The van der Waals surface area contributed by atoms with Gasteiger partial charge in [-0.3, -0.25) is 4.68 Å². The third-order valence-corrected chi connectivity index (χ3v) is 2.81. The normalized spacial score (nSPS) is 10.3. The Labute approximate surface area is 114 Å². The van der Waals surface area contributed by atoms with Gasteiger partial charge in [0.2, 0.25) is 0 Å². The lowest BCUT2D eigenvalue weighted by molar-refractivity contribution is 0.579. The topological polar surface area (TPSA) is 34.8 Å². The Bertz CT molecular complexity index is 461. The third-order valence-electron chi connectivity index (χ3n) is 2.81. The van der Waals surface area contributed by atoms with Gasteiger partial charge in [0.05, 0.1) is 5.69 Å². The van der Waals surface area contributed by atoms with Crippen molar-refractivity contribution < 1.29 is 0 Å². The minimum atomic E-state index is 0. The molecular weight excluding hydrogens is 248 g/mol. The van der Waals surface area contributed by atoms with Crippen molar-refractivity contribution >= 4 is 12.4 Å². The van der Waals surface area contributed by atoms with Crippen molar-refractivity contribution in [1.29, 1.82) is 0 Å². The Balaban J connectivity index is 0.00000162. The lowest BCUT2D eigenvalue weighted by atomic mass is 10.4. The van der Waals surface area contributed by atoms with E-state index in [1.54, 1.807) is 0 Å². The van der Waals surface area contributed by atoms with Gasteiger partial charge in [-0.2, -0.15) is 5.10 Å². The molecule has 5 heteroatoms. The summed E-state index contributed by atoms with van der Waals surface area (Å²) in [5.41, 5.74) is 2.39. The lowest BCUT2D eigenvalue weighted by Gasteiger charge is -2.04. The number of rotatable bonds is 6. The Hall–Kier alpha value is -1.26. The number of nitrogens with one attached hydrogen (secondary N) is 1. The molecule has 100 valence electrons. The zero-order valence-electron chi connectivity index (χ0n) is 11.0. The van der Waals surface area contributed by atoms with Gasteiger partial charge in [0.15, 0.2) is 0 Å². The molecule has 2 aromatic heterocycles. The number of halogens is 1. The van der Waals surface area contributed by atoms with Crippen molar-refractivity contribution in [3.8, 4) is 0 Å². The molecular formula is C13H21ClN4. The predicted octanol–water partition coefficient (Wildman–Crippen LogP) is 2.34. The molecule has 2 rings (SSSR count). The summed E-state index contributed by atoms with van der Waals surface area (Å²) in [4.78, 5) is 0. The van der Waals surface area contributed by atoms with Crippen LogP contribution >= 0.6 is 12.4 Å². The Morgan fingerprint density at radius 3 is 2.72 bits per heavy atom. The molecule has 0 spiro atoms. The fraction of sp³-hybridized carbons (Fsp3) is 0.462. The van der Waals surface area contributed by atoms with E-state index in [9.17, 15) is 0 Å². The van der Waals surface area contributed by atoms with E-state index < -0.39 is 0 Å². The molecule has 0 aliphatic heterocycles. The number of hydrogen-bond donors (Lipinski definition) is 1. The Kier molecular flexibility index (Phi) is 5.95. The van der Waals surface area contributed by atoms with E-state index in [1.807, 2.05) is 10.9 Å². The molecule has 0 aliphatic carbocycles. The Morgan fingerprint density at radius 1 is 1.22 bits per heavy atom. The predicted molar refractivity (Wildman–Crippen MR) is 75.7 cm³/mol. The molecule has 0 saturated carbocycles. The number of nitrogens with zero attached hydrogens (tertiary/aromatic N) is 3. The summed E-state index contributed by atoms with van der Waals surface area (Å²) >= 11 is 0. The van der Waals surface area contributed by atoms with Crippen LogP contribution in [0.2, 0.25) is 0 Å². The molecule has 0 radical (unpaired) electrons. The highest BCUT2D eigenvalue weighted by Gasteiger charge is 1.99. The fourth-order valence-corrected chi connectivity index (χ4v) is 1.85. The quantitative estimate of drug-likeness (QED) is 0.873. The zero-order chi connectivity index (χ0) is 12.1. The second-order valence-electron chi connectivity index (χ2n) is 4.28. The average molecular weight is 269 g/mol. The number of aromatic nitrogens is 3. The molecule has 0 atom stereocenters. The molecule has 0 saturated heterocycles. The summed E-state index contributed by atoms with van der Waals surface area (Å²) in [6.07, 6.45) is 5.23. The summed E-state index contributed by atoms with van der Waals surface area (Å²) in [6, 6.07) is 6.27. The molecule has 18 heavy (non-hydrogen) atoms. The van der Waals surface area contributed by atoms with Crippen molar-refractivity contribution in [3.05, 3.63) is 42.0 Å². The van der Waals surface area contributed by atoms with E-state index >= 15 is 0 Å². The second-order valence-corrected chi connectivity index (χ2v) is 4.28. The first-order valence-corrected chi connectivity index (χ1v) is 6.13. The van der Waals surface area contributed by atoms with Gasteiger partial charge in [-0.25, -0.2) is 0 Å². The standard InChI is InChI=1S/C13H20N4.ClH/c1-3-7-17-9-6-12(15-17)10-14-11-13-5-4-8-16(13)2;/h4-6,8-9,14H,3,7,10-11H2,1-2H3;1H. The third kappa shape index (κ3) is 3.89. The van der Waals surface area contributed by atoms with Crippen LogP contribution in [-0.2, 0) is 26.7 Å². The van der Waals surface area contributed by atoms with Gasteiger partial charge in [-0.1, -0.05) is 6.92 Å². The summed E-state index contributed by atoms with van der Waals surface area (Å²) < 4.78 is 4.13. The largest absolute Gasteiger partial charge is 0.353 e. The van der Waals surface area contributed by atoms with Gasteiger partial charge < -0.3 is 9.88 Å². The lowest BCUT2D eigenvalue weighted by Crippen LogP contribution is -2.15. The summed E-state index contributed by atoms with van der Waals surface area (Å²) in [7, 11) is 2.06. The molecule has 2 aromatic rings. The fourth-order valence-electron chi connectivity index (χ4n) is 1.85.